The number of anilines is 1. The first-order chi connectivity index (χ1) is 9.05. The minimum Gasteiger partial charge on any atom is -0.279 e. The molecule has 2 aromatic rings. The predicted molar refractivity (Wildman–Crippen MR) is 73.7 cm³/mol. The fourth-order valence-electron chi connectivity index (χ4n) is 1.74. The zero-order valence-corrected chi connectivity index (χ0v) is 11.6. The van der Waals surface area contributed by atoms with Crippen LogP contribution in [0.5, 0.6) is 0 Å². The minimum absolute atomic E-state index is 0.195. The molecule has 0 radical (unpaired) electrons. The molecule has 0 fully saturated rings. The van der Waals surface area contributed by atoms with Gasteiger partial charge in [-0.05, 0) is 31.2 Å². The van der Waals surface area contributed by atoms with Crippen molar-refractivity contribution in [3.05, 3.63) is 54.1 Å². The Morgan fingerprint density at radius 1 is 1.00 bits per heavy atom. The van der Waals surface area contributed by atoms with Gasteiger partial charge in [-0.1, -0.05) is 29.8 Å². The molecule has 0 amide bonds. The zero-order chi connectivity index (χ0) is 13.9. The maximum absolute atomic E-state index is 12.5. The maximum atomic E-state index is 12.5. The third-order valence-corrected chi connectivity index (χ3v) is 4.55. The summed E-state index contributed by atoms with van der Waals surface area (Å²) in [5, 5.41) is 0. The van der Waals surface area contributed by atoms with Crippen LogP contribution in [0.25, 0.3) is 0 Å². The number of nitrogens with one attached hydrogen (secondary N) is 1. The molecular weight excluding hydrogens is 262 g/mol. The van der Waals surface area contributed by atoms with Gasteiger partial charge in [0, 0.05) is 0 Å². The van der Waals surface area contributed by atoms with Crippen LogP contribution in [-0.2, 0) is 14.7 Å². The highest BCUT2D eigenvalue weighted by Crippen LogP contribution is 2.27. The van der Waals surface area contributed by atoms with Crippen LogP contribution in [0.1, 0.15) is 5.56 Å². The summed E-state index contributed by atoms with van der Waals surface area (Å²) < 4.78 is 25.1. The molecule has 0 aliphatic rings. The quantitative estimate of drug-likeness (QED) is 0.873. The number of para-hydroxylation sites is 1. The smallest absolute Gasteiger partial charge is 0.208 e. The Bertz CT molecular complexity index is 663. The Hall–Kier alpha value is -1.85. The first-order valence-electron chi connectivity index (χ1n) is 5.75. The van der Waals surface area contributed by atoms with E-state index in [4.69, 9.17) is 4.84 Å². The Labute approximate surface area is 112 Å². The molecule has 19 heavy (non-hydrogen) atoms. The van der Waals surface area contributed by atoms with Gasteiger partial charge >= 0.3 is 0 Å². The fourth-order valence-corrected chi connectivity index (χ4v) is 3.14. The SMILES string of the molecule is CONc1ccccc1S(=O)(=O)c1ccc(C)cc1. The summed E-state index contributed by atoms with van der Waals surface area (Å²) in [6.07, 6.45) is 0. The minimum atomic E-state index is -3.55. The van der Waals surface area contributed by atoms with Gasteiger partial charge in [0.05, 0.1) is 22.6 Å². The average molecular weight is 277 g/mol. The summed E-state index contributed by atoms with van der Waals surface area (Å²) in [6.45, 7) is 1.91. The van der Waals surface area contributed by atoms with Crippen LogP contribution in [0, 0.1) is 6.92 Å². The second-order valence-electron chi connectivity index (χ2n) is 4.12. The monoisotopic (exact) mass is 277 g/mol. The summed E-state index contributed by atoms with van der Waals surface area (Å²) in [5.74, 6) is 0. The van der Waals surface area contributed by atoms with E-state index in [9.17, 15) is 8.42 Å². The average Bonchev–Trinajstić information content (AvgIpc) is 2.40. The lowest BCUT2D eigenvalue weighted by Gasteiger charge is -2.11. The maximum Gasteiger partial charge on any atom is 0.208 e. The Morgan fingerprint density at radius 2 is 1.63 bits per heavy atom. The first kappa shape index (κ1) is 13.6. The zero-order valence-electron chi connectivity index (χ0n) is 10.8. The van der Waals surface area contributed by atoms with Gasteiger partial charge in [-0.2, -0.15) is 0 Å². The molecule has 5 heteroatoms. The molecule has 0 atom stereocenters. The van der Waals surface area contributed by atoms with E-state index in [1.807, 2.05) is 6.92 Å². The second-order valence-corrected chi connectivity index (χ2v) is 6.04. The lowest BCUT2D eigenvalue weighted by atomic mass is 10.2. The first-order valence-corrected chi connectivity index (χ1v) is 7.24. The molecule has 0 spiro atoms. The van der Waals surface area contributed by atoms with Crippen molar-refractivity contribution in [2.24, 2.45) is 0 Å². The third-order valence-electron chi connectivity index (χ3n) is 2.72. The summed E-state index contributed by atoms with van der Waals surface area (Å²) in [7, 11) is -2.11. The standard InChI is InChI=1S/C14H15NO3S/c1-11-7-9-12(10-8-11)19(16,17)14-6-4-3-5-13(14)15-18-2/h3-10,15H,1-2H3. The van der Waals surface area contributed by atoms with Crippen LogP contribution >= 0.6 is 0 Å². The molecule has 2 aromatic carbocycles. The lowest BCUT2D eigenvalue weighted by molar-refractivity contribution is 0.270. The van der Waals surface area contributed by atoms with Crippen molar-refractivity contribution in [1.82, 2.24) is 0 Å². The topological polar surface area (TPSA) is 55.4 Å². The van der Waals surface area contributed by atoms with Crippen LogP contribution in [0.15, 0.2) is 58.3 Å². The Balaban J connectivity index is 2.53. The van der Waals surface area contributed by atoms with Crippen molar-refractivity contribution in [2.75, 3.05) is 12.6 Å². The van der Waals surface area contributed by atoms with E-state index in [0.717, 1.165) is 5.56 Å². The normalized spacial score (nSPS) is 11.3. The molecule has 0 aliphatic heterocycles. The third kappa shape index (κ3) is 2.77. The largest absolute Gasteiger partial charge is 0.279 e. The molecule has 4 nitrogen and oxygen atoms in total. The summed E-state index contributed by atoms with van der Waals surface area (Å²) in [6, 6.07) is 13.4. The number of hydrogen-bond acceptors (Lipinski definition) is 4. The van der Waals surface area contributed by atoms with Crippen LogP contribution in [-0.4, -0.2) is 15.5 Å². The predicted octanol–water partition coefficient (Wildman–Crippen LogP) is 2.80. The van der Waals surface area contributed by atoms with Gasteiger partial charge in [-0.15, -0.1) is 0 Å². The van der Waals surface area contributed by atoms with E-state index in [-0.39, 0.29) is 9.79 Å². The van der Waals surface area contributed by atoms with Crippen molar-refractivity contribution >= 4 is 15.5 Å². The Morgan fingerprint density at radius 3 is 2.26 bits per heavy atom. The van der Waals surface area contributed by atoms with E-state index in [0.29, 0.717) is 5.69 Å². The molecule has 0 saturated carbocycles. The van der Waals surface area contributed by atoms with Crippen LogP contribution in [0.3, 0.4) is 0 Å². The lowest BCUT2D eigenvalue weighted by Crippen LogP contribution is -2.07. The molecule has 0 saturated heterocycles. The van der Waals surface area contributed by atoms with Gasteiger partial charge in [0.2, 0.25) is 9.84 Å². The fraction of sp³-hybridized carbons (Fsp3) is 0.143. The van der Waals surface area contributed by atoms with Gasteiger partial charge in [0.15, 0.2) is 0 Å². The van der Waals surface area contributed by atoms with Gasteiger partial charge < -0.3 is 0 Å². The molecule has 2 rings (SSSR count). The Kier molecular flexibility index (Phi) is 3.87. The molecule has 1 N–H and O–H groups in total. The number of hydrogen-bond donors (Lipinski definition) is 1. The molecule has 0 unspecified atom stereocenters. The molecule has 0 aliphatic carbocycles. The number of rotatable bonds is 4. The van der Waals surface area contributed by atoms with Crippen molar-refractivity contribution in [2.45, 2.75) is 16.7 Å². The van der Waals surface area contributed by atoms with Crippen molar-refractivity contribution < 1.29 is 13.3 Å². The van der Waals surface area contributed by atoms with Crippen molar-refractivity contribution in [3.63, 3.8) is 0 Å². The van der Waals surface area contributed by atoms with E-state index in [2.05, 4.69) is 5.48 Å². The summed E-state index contributed by atoms with van der Waals surface area (Å²) >= 11 is 0. The van der Waals surface area contributed by atoms with Gasteiger partial charge in [-0.25, -0.2) is 8.42 Å². The molecule has 0 aromatic heterocycles. The summed E-state index contributed by atoms with van der Waals surface area (Å²) in [4.78, 5) is 5.27. The van der Waals surface area contributed by atoms with Gasteiger partial charge in [0.1, 0.15) is 0 Å². The highest BCUT2D eigenvalue weighted by atomic mass is 32.2. The van der Waals surface area contributed by atoms with Crippen LogP contribution in [0.4, 0.5) is 5.69 Å². The van der Waals surface area contributed by atoms with Gasteiger partial charge in [0.25, 0.3) is 0 Å². The molecule has 0 bridgehead atoms. The second kappa shape index (κ2) is 5.42. The number of aryl methyl sites for hydroxylation is 1. The van der Waals surface area contributed by atoms with E-state index in [1.165, 1.54) is 7.11 Å². The van der Waals surface area contributed by atoms with E-state index < -0.39 is 9.84 Å². The van der Waals surface area contributed by atoms with Crippen molar-refractivity contribution in [1.29, 1.82) is 0 Å². The molecule has 100 valence electrons. The highest BCUT2D eigenvalue weighted by molar-refractivity contribution is 7.91. The van der Waals surface area contributed by atoms with Crippen molar-refractivity contribution in [3.8, 4) is 0 Å². The van der Waals surface area contributed by atoms with Crippen LogP contribution < -0.4 is 5.48 Å². The number of benzene rings is 2. The van der Waals surface area contributed by atoms with Crippen LogP contribution in [0.2, 0.25) is 0 Å². The highest BCUT2D eigenvalue weighted by Gasteiger charge is 2.20. The number of sulfone groups is 1. The van der Waals surface area contributed by atoms with E-state index in [1.54, 1.807) is 48.5 Å². The van der Waals surface area contributed by atoms with Gasteiger partial charge in [-0.3, -0.25) is 10.3 Å². The molecular formula is C14H15NO3S. The molecule has 0 heterocycles. The van der Waals surface area contributed by atoms with E-state index >= 15 is 0 Å². The summed E-state index contributed by atoms with van der Waals surface area (Å²) in [5.41, 5.74) is 4.02.